The van der Waals surface area contributed by atoms with Gasteiger partial charge in [0.25, 0.3) is 0 Å². The van der Waals surface area contributed by atoms with Crippen molar-refractivity contribution >= 4 is 0 Å². The average molecular weight is 299 g/mol. The third kappa shape index (κ3) is 2.58. The third-order valence-corrected chi connectivity index (χ3v) is 3.38. The third-order valence-electron chi connectivity index (χ3n) is 3.38. The van der Waals surface area contributed by atoms with Crippen molar-refractivity contribution in [1.82, 2.24) is 0 Å². The van der Waals surface area contributed by atoms with Gasteiger partial charge in [-0.2, -0.15) is 0 Å². The molecule has 14 heavy (non-hydrogen) atoms. The van der Waals surface area contributed by atoms with E-state index in [0.29, 0.717) is 0 Å². The summed E-state index contributed by atoms with van der Waals surface area (Å²) in [6, 6.07) is 0. The smallest absolute Gasteiger partial charge is 1.00 e. The fourth-order valence-corrected chi connectivity index (χ4v) is 1.69. The van der Waals surface area contributed by atoms with Crippen LogP contribution in [0.1, 0.15) is 33.4 Å². The number of hydrogen-bond acceptors (Lipinski definition) is 0. The molecule has 0 aliphatic rings. The number of halogens is 1. The van der Waals surface area contributed by atoms with Gasteiger partial charge in [0.15, 0.2) is 0 Å². The second kappa shape index (κ2) is 5.88. The van der Waals surface area contributed by atoms with E-state index >= 15 is 0 Å². The maximum atomic E-state index is 2.21. The first kappa shape index (κ1) is 16.6. The first-order valence-electron chi connectivity index (χ1n) is 4.50. The Labute approximate surface area is 107 Å². The van der Waals surface area contributed by atoms with Crippen LogP contribution in [0.4, 0.5) is 0 Å². The largest absolute Gasteiger partial charge is 2.00 e. The summed E-state index contributed by atoms with van der Waals surface area (Å²) in [5.74, 6) is 0. The first-order chi connectivity index (χ1) is 5.46. The molecule has 0 N–H and O–H groups in total. The number of hydrogen-bond donors (Lipinski definition) is 0. The Morgan fingerprint density at radius 2 is 0.500 bits per heavy atom. The van der Waals surface area contributed by atoms with Crippen LogP contribution >= 0.6 is 0 Å². The molecule has 0 aliphatic carbocycles. The van der Waals surface area contributed by atoms with Gasteiger partial charge in [0.2, 0.25) is 0 Å². The molecular formula is C12H18ClRu+. The standard InChI is InChI=1S/C12H18.ClH.Ru/c1-7-8(2)10(4)12(6)11(5)9(7)3;;/h1-6H3;1H;/q;;+2/p-1. The quantitative estimate of drug-likeness (QED) is 0.613. The predicted octanol–water partition coefficient (Wildman–Crippen LogP) is 0.539. The molecule has 0 saturated heterocycles. The Kier molecular flexibility index (Phi) is 6.95. The zero-order valence-corrected chi connectivity index (χ0v) is 12.2. The second-order valence-electron chi connectivity index (χ2n) is 3.75. The van der Waals surface area contributed by atoms with Gasteiger partial charge in [-0.3, -0.25) is 0 Å². The summed E-state index contributed by atoms with van der Waals surface area (Å²) in [5.41, 5.74) is 8.73. The molecule has 0 unspecified atom stereocenters. The Hall–Kier alpha value is 0.133. The molecule has 0 nitrogen and oxygen atoms in total. The molecule has 1 rings (SSSR count). The average Bonchev–Trinajstić information content (AvgIpc) is 2.08. The topological polar surface area (TPSA) is 0 Å². The second-order valence-corrected chi connectivity index (χ2v) is 3.75. The van der Waals surface area contributed by atoms with Crippen molar-refractivity contribution in [1.29, 1.82) is 0 Å². The van der Waals surface area contributed by atoms with Gasteiger partial charge in [-0.05, 0) is 74.9 Å². The minimum atomic E-state index is 0. The van der Waals surface area contributed by atoms with E-state index in [1.165, 1.54) is 33.4 Å². The molecule has 2 heteroatoms. The zero-order valence-electron chi connectivity index (χ0n) is 9.73. The molecule has 0 bridgehead atoms. The SMILES string of the molecule is Cc1c(C)c(C)c(C)c(C)c1C.[Cl-].[Ru+2]. The number of rotatable bonds is 0. The van der Waals surface area contributed by atoms with Crippen LogP contribution in [-0.2, 0) is 19.5 Å². The van der Waals surface area contributed by atoms with Gasteiger partial charge in [0, 0.05) is 0 Å². The minimum absolute atomic E-state index is 0. The van der Waals surface area contributed by atoms with Gasteiger partial charge in [0.05, 0.1) is 0 Å². The molecule has 0 amide bonds. The summed E-state index contributed by atoms with van der Waals surface area (Å²) in [7, 11) is 0. The molecule has 0 heterocycles. The van der Waals surface area contributed by atoms with Crippen LogP contribution in [0.2, 0.25) is 0 Å². The van der Waals surface area contributed by atoms with Crippen molar-refractivity contribution in [3.8, 4) is 0 Å². The van der Waals surface area contributed by atoms with Crippen LogP contribution in [0.5, 0.6) is 0 Å². The maximum Gasteiger partial charge on any atom is 2.00 e. The summed E-state index contributed by atoms with van der Waals surface area (Å²) in [6.45, 7) is 13.3. The summed E-state index contributed by atoms with van der Waals surface area (Å²) in [5, 5.41) is 0. The minimum Gasteiger partial charge on any atom is -1.00 e. The maximum absolute atomic E-state index is 2.21. The van der Waals surface area contributed by atoms with Crippen molar-refractivity contribution in [2.45, 2.75) is 41.5 Å². The predicted molar refractivity (Wildman–Crippen MR) is 54.9 cm³/mol. The van der Waals surface area contributed by atoms with Crippen LogP contribution in [0.25, 0.3) is 0 Å². The van der Waals surface area contributed by atoms with Gasteiger partial charge in [-0.25, -0.2) is 0 Å². The molecule has 0 fully saturated rings. The van der Waals surface area contributed by atoms with Crippen molar-refractivity contribution in [3.63, 3.8) is 0 Å². The van der Waals surface area contributed by atoms with Crippen LogP contribution in [0.3, 0.4) is 0 Å². The van der Waals surface area contributed by atoms with Gasteiger partial charge in [0.1, 0.15) is 0 Å². The molecule has 0 aromatic heterocycles. The van der Waals surface area contributed by atoms with Gasteiger partial charge >= 0.3 is 19.5 Å². The van der Waals surface area contributed by atoms with Crippen molar-refractivity contribution in [2.75, 3.05) is 0 Å². The Balaban J connectivity index is 0. The van der Waals surface area contributed by atoms with Crippen LogP contribution < -0.4 is 12.4 Å². The van der Waals surface area contributed by atoms with E-state index in [9.17, 15) is 0 Å². The number of benzene rings is 1. The zero-order chi connectivity index (χ0) is 9.46. The van der Waals surface area contributed by atoms with Crippen molar-refractivity contribution < 1.29 is 31.9 Å². The normalized spacial score (nSPS) is 9.00. The van der Waals surface area contributed by atoms with E-state index in [1.54, 1.807) is 0 Å². The Morgan fingerprint density at radius 1 is 0.429 bits per heavy atom. The van der Waals surface area contributed by atoms with E-state index in [2.05, 4.69) is 41.5 Å². The Bertz CT molecular complexity index is 225. The van der Waals surface area contributed by atoms with E-state index in [-0.39, 0.29) is 31.9 Å². The molecule has 1 aromatic carbocycles. The van der Waals surface area contributed by atoms with E-state index in [0.717, 1.165) is 0 Å². The molecular weight excluding hydrogens is 281 g/mol. The van der Waals surface area contributed by atoms with Crippen molar-refractivity contribution in [2.24, 2.45) is 0 Å². The molecule has 1 aromatic rings. The summed E-state index contributed by atoms with van der Waals surface area (Å²) in [4.78, 5) is 0. The van der Waals surface area contributed by atoms with Crippen LogP contribution in [-0.4, -0.2) is 0 Å². The fraction of sp³-hybridized carbons (Fsp3) is 0.500. The molecule has 0 radical (unpaired) electrons. The van der Waals surface area contributed by atoms with Crippen molar-refractivity contribution in [3.05, 3.63) is 33.4 Å². The summed E-state index contributed by atoms with van der Waals surface area (Å²) >= 11 is 0. The van der Waals surface area contributed by atoms with E-state index < -0.39 is 0 Å². The van der Waals surface area contributed by atoms with Gasteiger partial charge in [-0.15, -0.1) is 0 Å². The fourth-order valence-electron chi connectivity index (χ4n) is 1.69. The van der Waals surface area contributed by atoms with Crippen LogP contribution in [0.15, 0.2) is 0 Å². The molecule has 0 saturated carbocycles. The summed E-state index contributed by atoms with van der Waals surface area (Å²) < 4.78 is 0. The monoisotopic (exact) mass is 299 g/mol. The Morgan fingerprint density at radius 3 is 0.571 bits per heavy atom. The first-order valence-corrected chi connectivity index (χ1v) is 4.50. The molecule has 0 atom stereocenters. The van der Waals surface area contributed by atoms with E-state index in [4.69, 9.17) is 0 Å². The molecule has 0 spiro atoms. The molecule has 80 valence electrons. The van der Waals surface area contributed by atoms with Gasteiger partial charge in [-0.1, -0.05) is 0 Å². The summed E-state index contributed by atoms with van der Waals surface area (Å²) in [6.07, 6.45) is 0. The van der Waals surface area contributed by atoms with Crippen LogP contribution in [0, 0.1) is 41.5 Å². The van der Waals surface area contributed by atoms with Gasteiger partial charge < -0.3 is 12.4 Å². The van der Waals surface area contributed by atoms with E-state index in [1.807, 2.05) is 0 Å². The molecule has 0 aliphatic heterocycles.